The van der Waals surface area contributed by atoms with Gasteiger partial charge in [-0.25, -0.2) is 0 Å². The van der Waals surface area contributed by atoms with Crippen molar-refractivity contribution in [2.75, 3.05) is 6.61 Å². The standard InChI is InChI=1S/C13H24OSi2/c1-15(2,3)10-8-13-12(7-9-14-13)11-16(4,5)6/h11,13H,7,9H2,1-6H3/b12-11-. The fourth-order valence-electron chi connectivity index (χ4n) is 1.65. The summed E-state index contributed by atoms with van der Waals surface area (Å²) < 4.78 is 5.71. The Morgan fingerprint density at radius 3 is 2.31 bits per heavy atom. The summed E-state index contributed by atoms with van der Waals surface area (Å²) in [7, 11) is -2.41. The minimum atomic E-state index is -1.27. The largest absolute Gasteiger partial charge is 0.361 e. The van der Waals surface area contributed by atoms with Crippen molar-refractivity contribution in [2.45, 2.75) is 51.8 Å². The van der Waals surface area contributed by atoms with E-state index in [9.17, 15) is 0 Å². The molecule has 1 heterocycles. The molecule has 1 aliphatic rings. The molecule has 0 aliphatic carbocycles. The van der Waals surface area contributed by atoms with Crippen LogP contribution in [0.5, 0.6) is 0 Å². The molecule has 3 heteroatoms. The molecule has 1 saturated heterocycles. The number of hydrogen-bond acceptors (Lipinski definition) is 1. The third-order valence-corrected chi connectivity index (χ3v) is 4.34. The number of ether oxygens (including phenoxy) is 1. The quantitative estimate of drug-likeness (QED) is 0.513. The third-order valence-electron chi connectivity index (χ3n) is 2.21. The van der Waals surface area contributed by atoms with Gasteiger partial charge < -0.3 is 4.74 Å². The molecule has 0 bridgehead atoms. The third kappa shape index (κ3) is 5.15. The van der Waals surface area contributed by atoms with Gasteiger partial charge in [-0.05, 0) is 12.0 Å². The molecular formula is C13H24OSi2. The molecule has 0 N–H and O–H groups in total. The lowest BCUT2D eigenvalue weighted by molar-refractivity contribution is 0.162. The van der Waals surface area contributed by atoms with Crippen LogP contribution in [0.15, 0.2) is 11.3 Å². The summed E-state index contributed by atoms with van der Waals surface area (Å²) in [6.07, 6.45) is 1.17. The molecule has 0 amide bonds. The van der Waals surface area contributed by atoms with Gasteiger partial charge in [-0.2, -0.15) is 0 Å². The van der Waals surface area contributed by atoms with Crippen molar-refractivity contribution in [3.63, 3.8) is 0 Å². The molecule has 0 saturated carbocycles. The fourth-order valence-corrected chi connectivity index (χ4v) is 3.63. The van der Waals surface area contributed by atoms with E-state index in [1.54, 1.807) is 0 Å². The molecule has 0 radical (unpaired) electrons. The molecule has 0 aromatic rings. The first-order valence-electron chi connectivity index (χ1n) is 6.03. The van der Waals surface area contributed by atoms with Crippen molar-refractivity contribution in [2.24, 2.45) is 0 Å². The van der Waals surface area contributed by atoms with E-state index in [-0.39, 0.29) is 6.10 Å². The lowest BCUT2D eigenvalue weighted by Gasteiger charge is -2.13. The second kappa shape index (κ2) is 4.91. The highest BCUT2D eigenvalue weighted by molar-refractivity contribution is 6.84. The average Bonchev–Trinajstić information content (AvgIpc) is 2.44. The van der Waals surface area contributed by atoms with E-state index in [0.29, 0.717) is 0 Å². The Bertz CT molecular complexity index is 334. The lowest BCUT2D eigenvalue weighted by atomic mass is 10.2. The highest BCUT2D eigenvalue weighted by atomic mass is 28.3. The van der Waals surface area contributed by atoms with Gasteiger partial charge in [0.2, 0.25) is 0 Å². The number of rotatable bonds is 1. The maximum absolute atomic E-state index is 5.71. The normalized spacial score (nSPS) is 24.4. The molecule has 1 aliphatic heterocycles. The molecule has 1 nitrogen and oxygen atoms in total. The van der Waals surface area contributed by atoms with E-state index in [4.69, 9.17) is 4.74 Å². The lowest BCUT2D eigenvalue weighted by Crippen LogP contribution is -2.20. The molecule has 0 aromatic carbocycles. The molecule has 90 valence electrons. The summed E-state index contributed by atoms with van der Waals surface area (Å²) in [6, 6.07) is 0. The highest BCUT2D eigenvalue weighted by Gasteiger charge is 2.23. The second-order valence-corrected chi connectivity index (χ2v) is 16.4. The molecule has 16 heavy (non-hydrogen) atoms. The Labute approximate surface area is 102 Å². The topological polar surface area (TPSA) is 9.23 Å². The van der Waals surface area contributed by atoms with Gasteiger partial charge in [0.25, 0.3) is 0 Å². The summed E-state index contributed by atoms with van der Waals surface area (Å²) in [5, 5.41) is 0. The van der Waals surface area contributed by atoms with Crippen molar-refractivity contribution in [1.29, 1.82) is 0 Å². The Kier molecular flexibility index (Phi) is 4.22. The number of hydrogen-bond donors (Lipinski definition) is 0. The van der Waals surface area contributed by atoms with Crippen LogP contribution in [0.1, 0.15) is 6.42 Å². The zero-order valence-electron chi connectivity index (χ0n) is 11.5. The summed E-state index contributed by atoms with van der Waals surface area (Å²) in [6.45, 7) is 14.8. The first-order chi connectivity index (χ1) is 7.17. The van der Waals surface area contributed by atoms with Crippen molar-refractivity contribution >= 4 is 16.1 Å². The minimum absolute atomic E-state index is 0.0958. The monoisotopic (exact) mass is 252 g/mol. The van der Waals surface area contributed by atoms with Gasteiger partial charge in [0.1, 0.15) is 14.2 Å². The molecule has 0 aromatic heterocycles. The Morgan fingerprint density at radius 1 is 1.19 bits per heavy atom. The second-order valence-electron chi connectivity index (χ2n) is 6.61. The van der Waals surface area contributed by atoms with Crippen molar-refractivity contribution in [3.8, 4) is 11.5 Å². The average molecular weight is 253 g/mol. The van der Waals surface area contributed by atoms with Crippen LogP contribution in [0.3, 0.4) is 0 Å². The Balaban J connectivity index is 2.81. The maximum Gasteiger partial charge on any atom is 0.138 e. The fraction of sp³-hybridized carbons (Fsp3) is 0.692. The first-order valence-corrected chi connectivity index (χ1v) is 13.1. The summed E-state index contributed by atoms with van der Waals surface area (Å²) >= 11 is 0. The molecular weight excluding hydrogens is 228 g/mol. The van der Waals surface area contributed by atoms with Gasteiger partial charge in [-0.15, -0.1) is 5.54 Å². The summed E-state index contributed by atoms with van der Waals surface area (Å²) in [5.74, 6) is 3.34. The molecule has 1 unspecified atom stereocenters. The predicted molar refractivity (Wildman–Crippen MR) is 76.9 cm³/mol. The van der Waals surface area contributed by atoms with E-state index in [1.807, 2.05) is 0 Å². The summed E-state index contributed by atoms with van der Waals surface area (Å²) in [4.78, 5) is 0. The zero-order chi connectivity index (χ0) is 12.4. The maximum atomic E-state index is 5.71. The molecule has 0 spiro atoms. The van der Waals surface area contributed by atoms with Crippen LogP contribution in [0, 0.1) is 11.5 Å². The van der Waals surface area contributed by atoms with E-state index >= 15 is 0 Å². The smallest absolute Gasteiger partial charge is 0.138 e. The van der Waals surface area contributed by atoms with Crippen LogP contribution in [-0.4, -0.2) is 28.9 Å². The molecule has 1 fully saturated rings. The van der Waals surface area contributed by atoms with Crippen LogP contribution in [-0.2, 0) is 4.74 Å². The molecule has 1 atom stereocenters. The van der Waals surface area contributed by atoms with Crippen molar-refractivity contribution in [3.05, 3.63) is 11.3 Å². The van der Waals surface area contributed by atoms with E-state index in [1.165, 1.54) is 5.57 Å². The van der Waals surface area contributed by atoms with E-state index in [2.05, 4.69) is 56.4 Å². The van der Waals surface area contributed by atoms with Gasteiger partial charge in [-0.1, -0.05) is 50.9 Å². The highest BCUT2D eigenvalue weighted by Crippen LogP contribution is 2.22. The Hall–Kier alpha value is -0.306. The molecule has 1 rings (SSSR count). The van der Waals surface area contributed by atoms with E-state index in [0.717, 1.165) is 13.0 Å². The van der Waals surface area contributed by atoms with Gasteiger partial charge in [0.15, 0.2) is 0 Å². The van der Waals surface area contributed by atoms with Crippen molar-refractivity contribution in [1.82, 2.24) is 0 Å². The minimum Gasteiger partial charge on any atom is -0.361 e. The van der Waals surface area contributed by atoms with Gasteiger partial charge in [0, 0.05) is 0 Å². The summed E-state index contributed by atoms with van der Waals surface area (Å²) in [5.41, 5.74) is 7.32. The van der Waals surface area contributed by atoms with Gasteiger partial charge >= 0.3 is 0 Å². The zero-order valence-corrected chi connectivity index (χ0v) is 13.5. The van der Waals surface area contributed by atoms with Crippen LogP contribution in [0.25, 0.3) is 0 Å². The van der Waals surface area contributed by atoms with Crippen LogP contribution >= 0.6 is 0 Å². The SMILES string of the molecule is C[Si](C)(C)C#CC1OCC/C1=C/[Si](C)(C)C. The van der Waals surface area contributed by atoms with E-state index < -0.39 is 16.1 Å². The van der Waals surface area contributed by atoms with Crippen LogP contribution in [0.2, 0.25) is 39.3 Å². The first kappa shape index (κ1) is 13.8. The predicted octanol–water partition coefficient (Wildman–Crippen LogP) is 3.46. The van der Waals surface area contributed by atoms with Gasteiger partial charge in [0.05, 0.1) is 14.7 Å². The van der Waals surface area contributed by atoms with Crippen LogP contribution in [0.4, 0.5) is 0 Å². The van der Waals surface area contributed by atoms with Crippen molar-refractivity contribution < 1.29 is 4.74 Å². The van der Waals surface area contributed by atoms with Gasteiger partial charge in [-0.3, -0.25) is 0 Å². The Morgan fingerprint density at radius 2 is 1.81 bits per heavy atom. The van der Waals surface area contributed by atoms with Crippen LogP contribution < -0.4 is 0 Å².